The normalized spacial score (nSPS) is 14.8. The van der Waals surface area contributed by atoms with Crippen LogP contribution in [0.2, 0.25) is 0 Å². The van der Waals surface area contributed by atoms with E-state index in [0.717, 1.165) is 11.4 Å². The first-order valence-electron chi connectivity index (χ1n) is 10.4. The van der Waals surface area contributed by atoms with Crippen molar-refractivity contribution in [3.05, 3.63) is 54.1 Å². The molecule has 0 unspecified atom stereocenters. The molecule has 9 nitrogen and oxygen atoms in total. The Morgan fingerprint density at radius 2 is 1.73 bits per heavy atom. The number of anilines is 1. The van der Waals surface area contributed by atoms with Gasteiger partial charge in [0, 0.05) is 31.4 Å². The van der Waals surface area contributed by atoms with E-state index in [0.29, 0.717) is 37.1 Å². The maximum atomic E-state index is 12.7. The van der Waals surface area contributed by atoms with Crippen LogP contribution in [-0.4, -0.2) is 65.5 Å². The molecular formula is C22H25N5O4S2. The molecule has 0 saturated carbocycles. The van der Waals surface area contributed by atoms with Crippen LogP contribution in [0, 0.1) is 6.92 Å². The fraction of sp³-hybridized carbons (Fsp3) is 0.318. The predicted octanol–water partition coefficient (Wildman–Crippen LogP) is 2.54. The van der Waals surface area contributed by atoms with Crippen LogP contribution in [0.1, 0.15) is 5.56 Å². The summed E-state index contributed by atoms with van der Waals surface area (Å²) in [5, 5.41) is 11.9. The van der Waals surface area contributed by atoms with Crippen molar-refractivity contribution in [2.75, 3.05) is 37.4 Å². The molecule has 1 aliphatic heterocycles. The number of carbonyl (C=O) groups excluding carboxylic acids is 1. The highest BCUT2D eigenvalue weighted by atomic mass is 32.2. The van der Waals surface area contributed by atoms with E-state index >= 15 is 0 Å². The molecule has 0 radical (unpaired) electrons. The third kappa shape index (κ3) is 5.44. The van der Waals surface area contributed by atoms with Gasteiger partial charge in [-0.05, 0) is 31.2 Å². The van der Waals surface area contributed by atoms with E-state index in [4.69, 9.17) is 4.74 Å². The van der Waals surface area contributed by atoms with E-state index in [1.165, 1.54) is 33.8 Å². The zero-order valence-corrected chi connectivity index (χ0v) is 20.0. The lowest BCUT2D eigenvalue weighted by Gasteiger charge is -2.26. The minimum absolute atomic E-state index is 0.147. The van der Waals surface area contributed by atoms with E-state index in [2.05, 4.69) is 15.5 Å². The van der Waals surface area contributed by atoms with E-state index < -0.39 is 10.0 Å². The van der Waals surface area contributed by atoms with Crippen LogP contribution in [-0.2, 0) is 26.6 Å². The number of aromatic nitrogens is 3. The molecule has 0 spiro atoms. The van der Waals surface area contributed by atoms with Gasteiger partial charge < -0.3 is 14.6 Å². The number of hydrogen-bond acceptors (Lipinski definition) is 7. The SMILES string of the molecule is Cc1ccc(-c2nnc(SCC(=O)Nc3ccc(S(=O)(=O)N4CCOCC4)cc3)n2C)cc1. The monoisotopic (exact) mass is 487 g/mol. The highest BCUT2D eigenvalue weighted by Crippen LogP contribution is 2.24. The number of nitrogens with zero attached hydrogens (tertiary/aromatic N) is 4. The molecule has 2 heterocycles. The first kappa shape index (κ1) is 23.4. The summed E-state index contributed by atoms with van der Waals surface area (Å²) in [6.07, 6.45) is 0. The van der Waals surface area contributed by atoms with Gasteiger partial charge in [-0.2, -0.15) is 4.31 Å². The van der Waals surface area contributed by atoms with Gasteiger partial charge in [0.15, 0.2) is 11.0 Å². The molecule has 3 aromatic rings. The topological polar surface area (TPSA) is 106 Å². The highest BCUT2D eigenvalue weighted by molar-refractivity contribution is 7.99. The quantitative estimate of drug-likeness (QED) is 0.511. The van der Waals surface area contributed by atoms with Crippen molar-refractivity contribution >= 4 is 33.4 Å². The van der Waals surface area contributed by atoms with Gasteiger partial charge in [0.05, 0.1) is 23.9 Å². The van der Waals surface area contributed by atoms with Crippen molar-refractivity contribution in [1.82, 2.24) is 19.1 Å². The van der Waals surface area contributed by atoms with Gasteiger partial charge in [0.2, 0.25) is 15.9 Å². The third-order valence-corrected chi connectivity index (χ3v) is 8.16. The summed E-state index contributed by atoms with van der Waals surface area (Å²) in [6, 6.07) is 14.2. The number of rotatable bonds is 7. The molecule has 0 bridgehead atoms. The van der Waals surface area contributed by atoms with Gasteiger partial charge in [0.1, 0.15) is 0 Å². The lowest BCUT2D eigenvalue weighted by Crippen LogP contribution is -2.40. The molecule has 174 valence electrons. The molecule has 0 aliphatic carbocycles. The predicted molar refractivity (Wildman–Crippen MR) is 127 cm³/mol. The van der Waals surface area contributed by atoms with Crippen molar-refractivity contribution < 1.29 is 17.9 Å². The van der Waals surface area contributed by atoms with Gasteiger partial charge in [-0.15, -0.1) is 10.2 Å². The van der Waals surface area contributed by atoms with Crippen LogP contribution in [0.3, 0.4) is 0 Å². The minimum atomic E-state index is -3.56. The first-order chi connectivity index (χ1) is 15.8. The summed E-state index contributed by atoms with van der Waals surface area (Å²) >= 11 is 1.28. The van der Waals surface area contributed by atoms with Crippen molar-refractivity contribution in [1.29, 1.82) is 0 Å². The Balaban J connectivity index is 1.34. The number of ether oxygens (including phenoxy) is 1. The molecule has 2 aromatic carbocycles. The number of thioether (sulfide) groups is 1. The van der Waals surface area contributed by atoms with Gasteiger partial charge in [0.25, 0.3) is 0 Å². The van der Waals surface area contributed by atoms with Crippen LogP contribution in [0.25, 0.3) is 11.4 Å². The van der Waals surface area contributed by atoms with Gasteiger partial charge in [-0.3, -0.25) is 4.79 Å². The molecule has 1 saturated heterocycles. The molecule has 0 atom stereocenters. The van der Waals surface area contributed by atoms with Crippen LogP contribution in [0.15, 0.2) is 58.6 Å². The summed E-state index contributed by atoms with van der Waals surface area (Å²) in [7, 11) is -1.70. The molecular weight excluding hydrogens is 462 g/mol. The van der Waals surface area contributed by atoms with E-state index in [1.807, 2.05) is 42.8 Å². The number of sulfonamides is 1. The maximum Gasteiger partial charge on any atom is 0.243 e. The van der Waals surface area contributed by atoms with Crippen LogP contribution in [0.5, 0.6) is 0 Å². The molecule has 1 amide bonds. The Labute approximate surface area is 197 Å². The summed E-state index contributed by atoms with van der Waals surface area (Å²) < 4.78 is 33.9. The van der Waals surface area contributed by atoms with Crippen LogP contribution < -0.4 is 5.32 Å². The van der Waals surface area contributed by atoms with E-state index in [-0.39, 0.29) is 16.6 Å². The molecule has 1 aliphatic rings. The average Bonchev–Trinajstić information content (AvgIpc) is 3.19. The van der Waals surface area contributed by atoms with Crippen molar-refractivity contribution in [2.24, 2.45) is 7.05 Å². The number of hydrogen-bond donors (Lipinski definition) is 1. The van der Waals surface area contributed by atoms with Crippen LogP contribution in [0.4, 0.5) is 5.69 Å². The number of nitrogens with one attached hydrogen (secondary N) is 1. The molecule has 1 N–H and O–H groups in total. The fourth-order valence-corrected chi connectivity index (χ4v) is 5.49. The number of amides is 1. The highest BCUT2D eigenvalue weighted by Gasteiger charge is 2.26. The summed E-state index contributed by atoms with van der Waals surface area (Å²) in [5.74, 6) is 0.659. The molecule has 1 fully saturated rings. The van der Waals surface area contributed by atoms with E-state index in [1.54, 1.807) is 12.1 Å². The van der Waals surface area contributed by atoms with Crippen molar-refractivity contribution in [3.8, 4) is 11.4 Å². The summed E-state index contributed by atoms with van der Waals surface area (Å²) in [6.45, 7) is 3.49. The number of carbonyl (C=O) groups is 1. The minimum Gasteiger partial charge on any atom is -0.379 e. The summed E-state index contributed by atoms with van der Waals surface area (Å²) in [5.41, 5.74) is 2.65. The fourth-order valence-electron chi connectivity index (χ4n) is 3.37. The lowest BCUT2D eigenvalue weighted by molar-refractivity contribution is -0.113. The summed E-state index contributed by atoms with van der Waals surface area (Å²) in [4.78, 5) is 12.6. The van der Waals surface area contributed by atoms with Gasteiger partial charge in [-0.1, -0.05) is 41.6 Å². The molecule has 1 aromatic heterocycles. The Kier molecular flexibility index (Phi) is 7.13. The van der Waals surface area contributed by atoms with Crippen molar-refractivity contribution in [3.63, 3.8) is 0 Å². The zero-order valence-electron chi connectivity index (χ0n) is 18.4. The average molecular weight is 488 g/mol. The molecule has 11 heteroatoms. The Bertz CT molecular complexity index is 1220. The van der Waals surface area contributed by atoms with Gasteiger partial charge >= 0.3 is 0 Å². The largest absolute Gasteiger partial charge is 0.379 e. The number of morpholine rings is 1. The number of aryl methyl sites for hydroxylation is 1. The lowest BCUT2D eigenvalue weighted by atomic mass is 10.1. The smallest absolute Gasteiger partial charge is 0.243 e. The standard InChI is InChI=1S/C22H25N5O4S2/c1-16-3-5-17(6-4-16)21-24-25-22(26(21)2)32-15-20(28)23-18-7-9-19(10-8-18)33(29,30)27-11-13-31-14-12-27/h3-10H,11-15H2,1-2H3,(H,23,28). The van der Waals surface area contributed by atoms with Gasteiger partial charge in [-0.25, -0.2) is 8.42 Å². The first-order valence-corrected chi connectivity index (χ1v) is 12.8. The maximum absolute atomic E-state index is 12.7. The second-order valence-corrected chi connectivity index (χ2v) is 10.5. The Hall–Kier alpha value is -2.73. The Morgan fingerprint density at radius 3 is 2.39 bits per heavy atom. The third-order valence-electron chi connectivity index (χ3n) is 5.22. The molecule has 33 heavy (non-hydrogen) atoms. The second kappa shape index (κ2) is 10.0. The Morgan fingerprint density at radius 1 is 1.06 bits per heavy atom. The van der Waals surface area contributed by atoms with Crippen molar-refractivity contribution in [2.45, 2.75) is 17.0 Å². The van der Waals surface area contributed by atoms with Crippen LogP contribution >= 0.6 is 11.8 Å². The molecule has 4 rings (SSSR count). The second-order valence-electron chi connectivity index (χ2n) is 7.61. The van der Waals surface area contributed by atoms with E-state index in [9.17, 15) is 13.2 Å². The zero-order chi connectivity index (χ0) is 23.4. The number of benzene rings is 2.